The first kappa shape index (κ1) is 17.8. The van der Waals surface area contributed by atoms with E-state index in [1.165, 1.54) is 12.1 Å². The molecule has 11 heteroatoms. The number of aromatic carboxylic acids is 1. The standard InChI is InChI=1S/C17H11BrN6O4/c1-8-12(15(25)24(21-8)17-19-22-23-20-17)7-10-3-5-14(28-10)11-4-2-9(18)6-13(11)16(26)27/h2-7H,1H3,(H,26,27)(H,19,20,22,23)/b12-7+. The number of rotatable bonds is 4. The van der Waals surface area contributed by atoms with Crippen LogP contribution in [0.25, 0.3) is 17.4 Å². The third-order valence-electron chi connectivity index (χ3n) is 3.98. The van der Waals surface area contributed by atoms with E-state index < -0.39 is 11.9 Å². The number of hydrogen-bond donors (Lipinski definition) is 2. The Morgan fingerprint density at radius 3 is 2.86 bits per heavy atom. The fraction of sp³-hybridized carbons (Fsp3) is 0.0588. The summed E-state index contributed by atoms with van der Waals surface area (Å²) in [5.41, 5.74) is 1.29. The SMILES string of the molecule is CC1=NN(c2nn[nH]n2)C(=O)/C1=C/c1ccc(-c2ccc(Br)cc2C(=O)O)o1. The van der Waals surface area contributed by atoms with Gasteiger partial charge in [-0.1, -0.05) is 21.0 Å². The molecule has 0 saturated heterocycles. The number of carbonyl (C=O) groups is 2. The molecule has 0 aliphatic carbocycles. The molecule has 0 fully saturated rings. The normalized spacial score (nSPS) is 15.4. The zero-order valence-electron chi connectivity index (χ0n) is 14.3. The summed E-state index contributed by atoms with van der Waals surface area (Å²) < 4.78 is 6.40. The number of hydrazone groups is 1. The van der Waals surface area contributed by atoms with Gasteiger partial charge in [0.05, 0.1) is 16.8 Å². The Kier molecular flexibility index (Phi) is 4.35. The molecule has 0 saturated carbocycles. The number of aromatic nitrogens is 4. The summed E-state index contributed by atoms with van der Waals surface area (Å²) in [7, 11) is 0. The second-order valence-electron chi connectivity index (χ2n) is 5.77. The second kappa shape index (κ2) is 6.85. The van der Waals surface area contributed by atoms with Crippen molar-refractivity contribution in [1.82, 2.24) is 20.6 Å². The maximum atomic E-state index is 12.6. The smallest absolute Gasteiger partial charge is 0.336 e. The molecule has 1 aliphatic heterocycles. The van der Waals surface area contributed by atoms with Gasteiger partial charge in [0.15, 0.2) is 0 Å². The van der Waals surface area contributed by atoms with Crippen molar-refractivity contribution in [3.05, 3.63) is 51.7 Å². The van der Waals surface area contributed by atoms with E-state index in [4.69, 9.17) is 4.42 Å². The van der Waals surface area contributed by atoms with Crippen LogP contribution in [0.1, 0.15) is 23.0 Å². The van der Waals surface area contributed by atoms with Crippen molar-refractivity contribution in [1.29, 1.82) is 0 Å². The zero-order valence-corrected chi connectivity index (χ0v) is 15.8. The number of aromatic amines is 1. The molecule has 28 heavy (non-hydrogen) atoms. The molecule has 0 atom stereocenters. The molecule has 1 aromatic carbocycles. The van der Waals surface area contributed by atoms with Gasteiger partial charge in [-0.05, 0) is 48.5 Å². The van der Waals surface area contributed by atoms with Crippen LogP contribution in [0, 0.1) is 0 Å². The summed E-state index contributed by atoms with van der Waals surface area (Å²) in [5, 5.41) is 27.7. The van der Waals surface area contributed by atoms with E-state index in [0.717, 1.165) is 5.01 Å². The van der Waals surface area contributed by atoms with Gasteiger partial charge in [-0.25, -0.2) is 4.79 Å². The number of carbonyl (C=O) groups excluding carboxylic acids is 1. The number of H-pyrrole nitrogens is 1. The number of furan rings is 1. The molecule has 2 N–H and O–H groups in total. The highest BCUT2D eigenvalue weighted by Gasteiger charge is 2.31. The van der Waals surface area contributed by atoms with Crippen LogP contribution < -0.4 is 5.01 Å². The zero-order chi connectivity index (χ0) is 19.8. The third-order valence-corrected chi connectivity index (χ3v) is 4.47. The quantitative estimate of drug-likeness (QED) is 0.592. The van der Waals surface area contributed by atoms with E-state index in [0.29, 0.717) is 32.8 Å². The fourth-order valence-electron chi connectivity index (χ4n) is 2.69. The number of hydrogen-bond acceptors (Lipinski definition) is 7. The van der Waals surface area contributed by atoms with Gasteiger partial charge in [-0.2, -0.15) is 15.3 Å². The lowest BCUT2D eigenvalue weighted by Crippen LogP contribution is -2.22. The Morgan fingerprint density at radius 2 is 2.14 bits per heavy atom. The van der Waals surface area contributed by atoms with E-state index in [2.05, 4.69) is 41.7 Å². The highest BCUT2D eigenvalue weighted by atomic mass is 79.9. The van der Waals surface area contributed by atoms with Gasteiger partial charge in [-0.15, -0.1) is 5.10 Å². The van der Waals surface area contributed by atoms with Gasteiger partial charge >= 0.3 is 5.97 Å². The third kappa shape index (κ3) is 3.11. The minimum absolute atomic E-state index is 0.0360. The minimum atomic E-state index is -1.07. The lowest BCUT2D eigenvalue weighted by atomic mass is 10.1. The van der Waals surface area contributed by atoms with Crippen LogP contribution in [0.15, 0.2) is 49.9 Å². The summed E-state index contributed by atoms with van der Waals surface area (Å²) in [4.78, 5) is 24.1. The second-order valence-corrected chi connectivity index (χ2v) is 6.68. The average Bonchev–Trinajstić information content (AvgIpc) is 3.39. The highest BCUT2D eigenvalue weighted by molar-refractivity contribution is 9.10. The Hall–Kier alpha value is -3.60. The van der Waals surface area contributed by atoms with Crippen LogP contribution in [0.4, 0.5) is 5.95 Å². The van der Waals surface area contributed by atoms with Crippen molar-refractivity contribution in [2.75, 3.05) is 5.01 Å². The monoisotopic (exact) mass is 442 g/mol. The minimum Gasteiger partial charge on any atom is -0.478 e. The number of tetrazole rings is 1. The number of anilines is 1. The highest BCUT2D eigenvalue weighted by Crippen LogP contribution is 2.30. The lowest BCUT2D eigenvalue weighted by molar-refractivity contribution is -0.114. The van der Waals surface area contributed by atoms with E-state index in [9.17, 15) is 14.7 Å². The predicted molar refractivity (Wildman–Crippen MR) is 102 cm³/mol. The van der Waals surface area contributed by atoms with Crippen LogP contribution in [0.5, 0.6) is 0 Å². The van der Waals surface area contributed by atoms with Gasteiger partial charge in [-0.3, -0.25) is 4.79 Å². The lowest BCUT2D eigenvalue weighted by Gasteiger charge is -2.04. The number of nitrogens with one attached hydrogen (secondary N) is 1. The van der Waals surface area contributed by atoms with Gasteiger partial charge in [0.1, 0.15) is 11.5 Å². The summed E-state index contributed by atoms with van der Waals surface area (Å²) in [6.45, 7) is 1.67. The number of benzene rings is 1. The Labute approximate surface area is 165 Å². The molecule has 0 bridgehead atoms. The number of amides is 1. The van der Waals surface area contributed by atoms with Crippen molar-refractivity contribution in [2.45, 2.75) is 6.92 Å². The van der Waals surface area contributed by atoms with E-state index in [1.807, 2.05) is 0 Å². The van der Waals surface area contributed by atoms with Crippen molar-refractivity contribution >= 4 is 45.5 Å². The first-order valence-electron chi connectivity index (χ1n) is 7.92. The number of nitrogens with zero attached hydrogens (tertiary/aromatic N) is 5. The van der Waals surface area contributed by atoms with Gasteiger partial charge in [0, 0.05) is 10.0 Å². The van der Waals surface area contributed by atoms with Crippen LogP contribution >= 0.6 is 15.9 Å². The predicted octanol–water partition coefficient (Wildman–Crippen LogP) is 2.73. The molecular formula is C17H11BrN6O4. The van der Waals surface area contributed by atoms with Gasteiger partial charge in [0.2, 0.25) is 0 Å². The molecule has 0 spiro atoms. The number of carboxylic acid groups (broad SMARTS) is 1. The number of halogens is 1. The largest absolute Gasteiger partial charge is 0.478 e. The summed E-state index contributed by atoms with van der Waals surface area (Å²) in [6, 6.07) is 8.16. The summed E-state index contributed by atoms with van der Waals surface area (Å²) in [6.07, 6.45) is 1.53. The van der Waals surface area contributed by atoms with Crippen LogP contribution in [0.2, 0.25) is 0 Å². The summed E-state index contributed by atoms with van der Waals surface area (Å²) in [5.74, 6) is -0.716. The van der Waals surface area contributed by atoms with Crippen LogP contribution in [-0.2, 0) is 4.79 Å². The molecule has 140 valence electrons. The first-order chi connectivity index (χ1) is 13.4. The Balaban J connectivity index is 1.67. The van der Waals surface area contributed by atoms with Crippen molar-refractivity contribution < 1.29 is 19.1 Å². The molecule has 4 rings (SSSR count). The molecule has 3 aromatic rings. The van der Waals surface area contributed by atoms with Gasteiger partial charge in [0.25, 0.3) is 11.9 Å². The van der Waals surface area contributed by atoms with Gasteiger partial charge < -0.3 is 9.52 Å². The first-order valence-corrected chi connectivity index (χ1v) is 8.71. The fourth-order valence-corrected chi connectivity index (χ4v) is 3.05. The van der Waals surface area contributed by atoms with Crippen molar-refractivity contribution in [2.24, 2.45) is 5.10 Å². The Morgan fingerprint density at radius 1 is 1.32 bits per heavy atom. The molecule has 10 nitrogen and oxygen atoms in total. The molecular weight excluding hydrogens is 432 g/mol. The van der Waals surface area contributed by atoms with Crippen LogP contribution in [0.3, 0.4) is 0 Å². The number of carboxylic acids is 1. The molecule has 1 amide bonds. The van der Waals surface area contributed by atoms with Crippen molar-refractivity contribution in [3.63, 3.8) is 0 Å². The van der Waals surface area contributed by atoms with Crippen LogP contribution in [-0.4, -0.2) is 43.3 Å². The van der Waals surface area contributed by atoms with E-state index in [1.54, 1.807) is 31.2 Å². The van der Waals surface area contributed by atoms with E-state index in [-0.39, 0.29) is 11.5 Å². The maximum absolute atomic E-state index is 12.6. The molecule has 2 aromatic heterocycles. The molecule has 0 unspecified atom stereocenters. The van der Waals surface area contributed by atoms with Crippen molar-refractivity contribution in [3.8, 4) is 11.3 Å². The maximum Gasteiger partial charge on any atom is 0.336 e. The molecule has 0 radical (unpaired) electrons. The molecule has 1 aliphatic rings. The topological polar surface area (TPSA) is 138 Å². The summed E-state index contributed by atoms with van der Waals surface area (Å²) >= 11 is 3.26. The molecule has 3 heterocycles. The van der Waals surface area contributed by atoms with E-state index >= 15 is 0 Å². The Bertz CT molecular complexity index is 1150. The average molecular weight is 443 g/mol.